The molecule has 2 rings (SSSR count). The summed E-state index contributed by atoms with van der Waals surface area (Å²) in [4.78, 5) is 15.4. The zero-order valence-corrected chi connectivity index (χ0v) is 12.3. The number of ether oxygens (including phenoxy) is 1. The largest absolute Gasteiger partial charge is 0.494 e. The standard InChI is InChI=1S/C14H12F6N2O2/c1-24-9-5-2-4-8-10(9)22(7-3-6-13(15,16)17)12(23)11(21-8)14(18,19)20/h2,4-5H,3,6-7H2,1H3. The fraction of sp³-hybridized carbons (Fsp3) is 0.429. The lowest BCUT2D eigenvalue weighted by atomic mass is 10.2. The van der Waals surface area contributed by atoms with E-state index in [0.717, 1.165) is 0 Å². The summed E-state index contributed by atoms with van der Waals surface area (Å²) in [5, 5.41) is 0. The summed E-state index contributed by atoms with van der Waals surface area (Å²) >= 11 is 0. The van der Waals surface area contributed by atoms with Crippen LogP contribution < -0.4 is 10.3 Å². The number of benzene rings is 1. The van der Waals surface area contributed by atoms with Crippen molar-refractivity contribution in [1.29, 1.82) is 0 Å². The van der Waals surface area contributed by atoms with Crippen LogP contribution in [-0.4, -0.2) is 22.8 Å². The molecule has 1 heterocycles. The van der Waals surface area contributed by atoms with Gasteiger partial charge in [-0.3, -0.25) is 4.79 Å². The average molecular weight is 354 g/mol. The van der Waals surface area contributed by atoms with Gasteiger partial charge in [0, 0.05) is 13.0 Å². The summed E-state index contributed by atoms with van der Waals surface area (Å²) in [7, 11) is 1.23. The second-order valence-corrected chi connectivity index (χ2v) is 4.96. The minimum absolute atomic E-state index is 0.0535. The Balaban J connectivity index is 2.63. The number of alkyl halides is 6. The van der Waals surface area contributed by atoms with Gasteiger partial charge in [0.2, 0.25) is 5.69 Å². The zero-order chi connectivity index (χ0) is 18.1. The highest BCUT2D eigenvalue weighted by atomic mass is 19.4. The van der Waals surface area contributed by atoms with E-state index in [9.17, 15) is 31.1 Å². The normalized spacial score (nSPS) is 12.6. The molecule has 1 aromatic carbocycles. The lowest BCUT2D eigenvalue weighted by Gasteiger charge is -2.16. The Morgan fingerprint density at radius 1 is 1.17 bits per heavy atom. The SMILES string of the molecule is COc1cccc2nc(C(F)(F)F)c(=O)n(CCCC(F)(F)F)c12. The van der Waals surface area contributed by atoms with Crippen molar-refractivity contribution < 1.29 is 31.1 Å². The molecule has 2 aromatic rings. The quantitative estimate of drug-likeness (QED) is 0.786. The van der Waals surface area contributed by atoms with Crippen LogP contribution in [0, 0.1) is 0 Å². The lowest BCUT2D eigenvalue weighted by Crippen LogP contribution is -2.31. The first-order valence-corrected chi connectivity index (χ1v) is 6.76. The summed E-state index contributed by atoms with van der Waals surface area (Å²) < 4.78 is 81.4. The van der Waals surface area contributed by atoms with E-state index >= 15 is 0 Å². The van der Waals surface area contributed by atoms with Gasteiger partial charge in [0.25, 0.3) is 5.56 Å². The molecule has 132 valence electrons. The van der Waals surface area contributed by atoms with Gasteiger partial charge < -0.3 is 9.30 Å². The predicted octanol–water partition coefficient (Wildman–Crippen LogP) is 3.77. The highest BCUT2D eigenvalue weighted by Gasteiger charge is 2.37. The molecule has 0 aliphatic heterocycles. The number of aromatic nitrogens is 2. The van der Waals surface area contributed by atoms with Gasteiger partial charge in [-0.15, -0.1) is 0 Å². The van der Waals surface area contributed by atoms with Crippen molar-refractivity contribution in [2.45, 2.75) is 31.7 Å². The number of aryl methyl sites for hydroxylation is 1. The summed E-state index contributed by atoms with van der Waals surface area (Å²) in [6.45, 7) is -0.541. The fourth-order valence-electron chi connectivity index (χ4n) is 2.27. The van der Waals surface area contributed by atoms with E-state index in [1.807, 2.05) is 0 Å². The predicted molar refractivity (Wildman–Crippen MR) is 72.8 cm³/mol. The number of nitrogens with zero attached hydrogens (tertiary/aromatic N) is 2. The lowest BCUT2D eigenvalue weighted by molar-refractivity contribution is -0.142. The summed E-state index contributed by atoms with van der Waals surface area (Å²) in [6, 6.07) is 3.99. The van der Waals surface area contributed by atoms with E-state index < -0.39 is 43.0 Å². The molecule has 10 heteroatoms. The second kappa shape index (κ2) is 6.33. The number of para-hydroxylation sites is 1. The maximum Gasteiger partial charge on any atom is 0.438 e. The Bertz CT molecular complexity index is 795. The molecule has 0 radical (unpaired) electrons. The van der Waals surface area contributed by atoms with E-state index in [-0.39, 0.29) is 16.8 Å². The van der Waals surface area contributed by atoms with Crippen LogP contribution in [-0.2, 0) is 12.7 Å². The molecule has 0 bridgehead atoms. The Morgan fingerprint density at radius 2 is 1.83 bits per heavy atom. The maximum absolute atomic E-state index is 13.0. The van der Waals surface area contributed by atoms with Gasteiger partial charge in [-0.25, -0.2) is 4.98 Å². The molecular weight excluding hydrogens is 342 g/mol. The Hall–Kier alpha value is -2.26. The Morgan fingerprint density at radius 3 is 2.38 bits per heavy atom. The van der Waals surface area contributed by atoms with Crippen LogP contribution in [0.4, 0.5) is 26.3 Å². The number of fused-ring (bicyclic) bond motifs is 1. The van der Waals surface area contributed by atoms with E-state index in [1.54, 1.807) is 0 Å². The minimum Gasteiger partial charge on any atom is -0.494 e. The van der Waals surface area contributed by atoms with Crippen molar-refractivity contribution in [1.82, 2.24) is 9.55 Å². The number of hydrogen-bond acceptors (Lipinski definition) is 3. The zero-order valence-electron chi connectivity index (χ0n) is 12.3. The first kappa shape index (κ1) is 18.1. The number of rotatable bonds is 4. The molecule has 24 heavy (non-hydrogen) atoms. The van der Waals surface area contributed by atoms with Crippen molar-refractivity contribution in [2.24, 2.45) is 0 Å². The van der Waals surface area contributed by atoms with Crippen molar-refractivity contribution in [3.05, 3.63) is 34.2 Å². The van der Waals surface area contributed by atoms with Gasteiger partial charge in [0.05, 0.1) is 12.6 Å². The topological polar surface area (TPSA) is 44.1 Å². The van der Waals surface area contributed by atoms with Crippen molar-refractivity contribution >= 4 is 11.0 Å². The summed E-state index contributed by atoms with van der Waals surface area (Å²) in [5.41, 5.74) is -3.43. The van der Waals surface area contributed by atoms with Crippen molar-refractivity contribution in [2.75, 3.05) is 7.11 Å². The summed E-state index contributed by atoms with van der Waals surface area (Å²) in [5.74, 6) is 0.0535. The number of methoxy groups -OCH3 is 1. The first-order chi connectivity index (χ1) is 11.0. The molecule has 4 nitrogen and oxygen atoms in total. The number of halogens is 6. The van der Waals surface area contributed by atoms with E-state index in [0.29, 0.717) is 4.57 Å². The molecule has 1 aromatic heterocycles. The third-order valence-corrected chi connectivity index (χ3v) is 3.26. The van der Waals surface area contributed by atoms with Crippen molar-refractivity contribution in [3.8, 4) is 5.75 Å². The molecule has 0 saturated carbocycles. The maximum atomic E-state index is 13.0. The van der Waals surface area contributed by atoms with Crippen molar-refractivity contribution in [3.63, 3.8) is 0 Å². The second-order valence-electron chi connectivity index (χ2n) is 4.96. The molecule has 0 saturated heterocycles. The smallest absolute Gasteiger partial charge is 0.438 e. The third-order valence-electron chi connectivity index (χ3n) is 3.26. The molecule has 0 aliphatic rings. The van der Waals surface area contributed by atoms with Gasteiger partial charge in [-0.2, -0.15) is 26.3 Å². The van der Waals surface area contributed by atoms with Crippen LogP contribution in [0.5, 0.6) is 5.75 Å². The highest BCUT2D eigenvalue weighted by molar-refractivity contribution is 5.81. The minimum atomic E-state index is -5.01. The molecule has 0 fully saturated rings. The van der Waals surface area contributed by atoms with Gasteiger partial charge in [-0.05, 0) is 18.6 Å². The number of hydrogen-bond donors (Lipinski definition) is 0. The molecular formula is C14H12F6N2O2. The Kier molecular flexibility index (Phi) is 4.77. The molecule has 0 unspecified atom stereocenters. The first-order valence-electron chi connectivity index (χ1n) is 6.76. The van der Waals surface area contributed by atoms with Crippen LogP contribution in [0.2, 0.25) is 0 Å². The van der Waals surface area contributed by atoms with Gasteiger partial charge in [-0.1, -0.05) is 6.07 Å². The molecule has 0 spiro atoms. The van der Waals surface area contributed by atoms with E-state index in [2.05, 4.69) is 4.98 Å². The molecule has 0 N–H and O–H groups in total. The fourth-order valence-corrected chi connectivity index (χ4v) is 2.27. The summed E-state index contributed by atoms with van der Waals surface area (Å²) in [6.07, 6.45) is -11.2. The van der Waals surface area contributed by atoms with Crippen LogP contribution >= 0.6 is 0 Å². The highest BCUT2D eigenvalue weighted by Crippen LogP contribution is 2.30. The molecule has 0 amide bonds. The van der Waals surface area contributed by atoms with Crippen LogP contribution in [0.15, 0.2) is 23.0 Å². The molecule has 0 aliphatic carbocycles. The monoisotopic (exact) mass is 354 g/mol. The van der Waals surface area contributed by atoms with Gasteiger partial charge in [0.1, 0.15) is 11.3 Å². The molecule has 0 atom stereocenters. The van der Waals surface area contributed by atoms with Crippen LogP contribution in [0.1, 0.15) is 18.5 Å². The Labute approximate surface area is 131 Å². The van der Waals surface area contributed by atoms with E-state index in [4.69, 9.17) is 4.74 Å². The van der Waals surface area contributed by atoms with Gasteiger partial charge >= 0.3 is 12.4 Å². The average Bonchev–Trinajstić information content (AvgIpc) is 2.46. The third kappa shape index (κ3) is 3.80. The van der Waals surface area contributed by atoms with Crippen LogP contribution in [0.3, 0.4) is 0 Å². The van der Waals surface area contributed by atoms with E-state index in [1.165, 1.54) is 25.3 Å². The van der Waals surface area contributed by atoms with Crippen LogP contribution in [0.25, 0.3) is 11.0 Å². The van der Waals surface area contributed by atoms with Gasteiger partial charge in [0.15, 0.2) is 0 Å².